The molecule has 0 aliphatic heterocycles. The minimum absolute atomic E-state index is 0.630. The molecule has 1 nitrogen and oxygen atoms in total. The summed E-state index contributed by atoms with van der Waals surface area (Å²) in [6.45, 7) is 8.38. The zero-order valence-corrected chi connectivity index (χ0v) is 8.75. The van der Waals surface area contributed by atoms with Gasteiger partial charge in [0.25, 0.3) is 0 Å². The third-order valence-electron chi connectivity index (χ3n) is 1.50. The molecule has 0 amide bonds. The standard InChI is InChI=1S/C12H20O/c1-4-5-6-7-8-9-10-13-11-12(2)3/h4-5,9-10H,2,6-8,11H2,1,3H3. The lowest BCUT2D eigenvalue weighted by molar-refractivity contribution is 0.279. The van der Waals surface area contributed by atoms with Crippen molar-refractivity contribution in [1.82, 2.24) is 0 Å². The molecule has 0 unspecified atom stereocenters. The molecule has 0 bridgehead atoms. The average Bonchev–Trinajstić information content (AvgIpc) is 2.09. The maximum absolute atomic E-state index is 5.20. The quantitative estimate of drug-likeness (QED) is 0.328. The van der Waals surface area contributed by atoms with E-state index in [0.717, 1.165) is 18.4 Å². The van der Waals surface area contributed by atoms with Crippen LogP contribution in [0.15, 0.2) is 36.6 Å². The minimum atomic E-state index is 0.630. The second-order valence-corrected chi connectivity index (χ2v) is 3.14. The highest BCUT2D eigenvalue weighted by Crippen LogP contribution is 1.98. The van der Waals surface area contributed by atoms with Gasteiger partial charge in [0.2, 0.25) is 0 Å². The topological polar surface area (TPSA) is 9.23 Å². The molecule has 0 heterocycles. The summed E-state index contributed by atoms with van der Waals surface area (Å²) in [4.78, 5) is 0. The average molecular weight is 180 g/mol. The third-order valence-corrected chi connectivity index (χ3v) is 1.50. The molecule has 0 saturated heterocycles. The molecule has 0 aliphatic rings. The van der Waals surface area contributed by atoms with Crippen molar-refractivity contribution >= 4 is 0 Å². The van der Waals surface area contributed by atoms with Crippen LogP contribution in [0.3, 0.4) is 0 Å². The van der Waals surface area contributed by atoms with Crippen molar-refractivity contribution in [1.29, 1.82) is 0 Å². The van der Waals surface area contributed by atoms with E-state index in [4.69, 9.17) is 4.74 Å². The number of hydrogen-bond donors (Lipinski definition) is 0. The Balaban J connectivity index is 3.17. The number of allylic oxidation sites excluding steroid dienone is 3. The predicted molar refractivity (Wildman–Crippen MR) is 58.6 cm³/mol. The number of ether oxygens (including phenoxy) is 1. The maximum Gasteiger partial charge on any atom is 0.108 e. The van der Waals surface area contributed by atoms with Crippen LogP contribution in [0.4, 0.5) is 0 Å². The van der Waals surface area contributed by atoms with Crippen molar-refractivity contribution in [2.24, 2.45) is 0 Å². The van der Waals surface area contributed by atoms with Crippen LogP contribution in [0.25, 0.3) is 0 Å². The summed E-state index contributed by atoms with van der Waals surface area (Å²) >= 11 is 0. The molecule has 0 saturated carbocycles. The monoisotopic (exact) mass is 180 g/mol. The lowest BCUT2D eigenvalue weighted by atomic mass is 10.2. The van der Waals surface area contributed by atoms with E-state index < -0.39 is 0 Å². The van der Waals surface area contributed by atoms with Crippen molar-refractivity contribution in [3.8, 4) is 0 Å². The molecule has 0 atom stereocenters. The zero-order valence-electron chi connectivity index (χ0n) is 8.75. The molecule has 0 aromatic carbocycles. The van der Waals surface area contributed by atoms with Gasteiger partial charge >= 0.3 is 0 Å². The molecule has 0 spiro atoms. The molecule has 0 aromatic rings. The fourth-order valence-corrected chi connectivity index (χ4v) is 0.847. The van der Waals surface area contributed by atoms with Gasteiger partial charge in [0.15, 0.2) is 0 Å². The van der Waals surface area contributed by atoms with E-state index in [1.165, 1.54) is 6.42 Å². The summed E-state index contributed by atoms with van der Waals surface area (Å²) in [6, 6.07) is 0. The highest BCUT2D eigenvalue weighted by molar-refractivity contribution is 4.89. The second kappa shape index (κ2) is 9.11. The van der Waals surface area contributed by atoms with Gasteiger partial charge in [0.1, 0.15) is 6.61 Å². The molecule has 0 aliphatic carbocycles. The normalized spacial score (nSPS) is 11.2. The Hall–Kier alpha value is -0.980. The largest absolute Gasteiger partial charge is 0.497 e. The van der Waals surface area contributed by atoms with E-state index in [1.54, 1.807) is 6.26 Å². The van der Waals surface area contributed by atoms with Crippen LogP contribution < -0.4 is 0 Å². The van der Waals surface area contributed by atoms with Crippen molar-refractivity contribution < 1.29 is 4.74 Å². The summed E-state index contributed by atoms with van der Waals surface area (Å²) in [5.41, 5.74) is 1.05. The van der Waals surface area contributed by atoms with Gasteiger partial charge in [0, 0.05) is 0 Å². The van der Waals surface area contributed by atoms with Crippen LogP contribution in [0.2, 0.25) is 0 Å². The van der Waals surface area contributed by atoms with E-state index in [2.05, 4.69) is 24.8 Å². The van der Waals surface area contributed by atoms with Crippen LogP contribution in [0.1, 0.15) is 33.1 Å². The smallest absolute Gasteiger partial charge is 0.108 e. The lowest BCUT2D eigenvalue weighted by Gasteiger charge is -1.97. The first-order valence-electron chi connectivity index (χ1n) is 4.79. The summed E-state index contributed by atoms with van der Waals surface area (Å²) < 4.78 is 5.20. The van der Waals surface area contributed by atoms with Crippen molar-refractivity contribution in [3.05, 3.63) is 36.6 Å². The van der Waals surface area contributed by atoms with Crippen LogP contribution in [0, 0.1) is 0 Å². The van der Waals surface area contributed by atoms with E-state index in [-0.39, 0.29) is 0 Å². The minimum Gasteiger partial charge on any atom is -0.497 e. The first-order valence-corrected chi connectivity index (χ1v) is 4.79. The third kappa shape index (κ3) is 11.0. The molecular formula is C12H20O. The summed E-state index contributed by atoms with van der Waals surface area (Å²) in [7, 11) is 0. The Bertz CT molecular complexity index is 178. The molecule has 0 N–H and O–H groups in total. The van der Waals surface area contributed by atoms with Gasteiger partial charge in [-0.25, -0.2) is 0 Å². The van der Waals surface area contributed by atoms with E-state index in [0.29, 0.717) is 6.61 Å². The van der Waals surface area contributed by atoms with Gasteiger partial charge in [-0.1, -0.05) is 18.7 Å². The Labute approximate surface area is 81.8 Å². The molecule has 0 radical (unpaired) electrons. The Morgan fingerprint density at radius 3 is 2.62 bits per heavy atom. The van der Waals surface area contributed by atoms with Gasteiger partial charge in [-0.2, -0.15) is 0 Å². The van der Waals surface area contributed by atoms with Crippen molar-refractivity contribution in [2.45, 2.75) is 33.1 Å². The molecule has 13 heavy (non-hydrogen) atoms. The SMILES string of the molecule is C=C(C)COC=CCCCC=CC. The molecular weight excluding hydrogens is 160 g/mol. The molecule has 74 valence electrons. The van der Waals surface area contributed by atoms with Gasteiger partial charge < -0.3 is 4.74 Å². The summed E-state index contributed by atoms with van der Waals surface area (Å²) in [5.74, 6) is 0. The van der Waals surface area contributed by atoms with Crippen molar-refractivity contribution in [3.63, 3.8) is 0 Å². The Kier molecular flexibility index (Phi) is 8.42. The van der Waals surface area contributed by atoms with Crippen LogP contribution in [0.5, 0.6) is 0 Å². The molecule has 1 heteroatoms. The zero-order chi connectivity index (χ0) is 9.94. The fraction of sp³-hybridized carbons (Fsp3) is 0.500. The highest BCUT2D eigenvalue weighted by Gasteiger charge is 1.82. The van der Waals surface area contributed by atoms with Gasteiger partial charge in [-0.15, -0.1) is 0 Å². The van der Waals surface area contributed by atoms with Gasteiger partial charge in [0.05, 0.1) is 6.26 Å². The first kappa shape index (κ1) is 12.0. The van der Waals surface area contributed by atoms with E-state index in [9.17, 15) is 0 Å². The molecule has 0 fully saturated rings. The highest BCUT2D eigenvalue weighted by atomic mass is 16.5. The molecule has 0 aromatic heterocycles. The maximum atomic E-state index is 5.20. The number of hydrogen-bond acceptors (Lipinski definition) is 1. The van der Waals surface area contributed by atoms with Crippen LogP contribution >= 0.6 is 0 Å². The summed E-state index contributed by atoms with van der Waals surface area (Å²) in [5, 5.41) is 0. The van der Waals surface area contributed by atoms with Crippen LogP contribution in [-0.2, 0) is 4.74 Å². The van der Waals surface area contributed by atoms with Gasteiger partial charge in [-0.3, -0.25) is 0 Å². The number of unbranched alkanes of at least 4 members (excludes halogenated alkanes) is 2. The van der Waals surface area contributed by atoms with Gasteiger partial charge in [-0.05, 0) is 44.8 Å². The predicted octanol–water partition coefficient (Wildman–Crippen LogP) is 3.84. The molecule has 0 rings (SSSR count). The van der Waals surface area contributed by atoms with Crippen molar-refractivity contribution in [2.75, 3.05) is 6.61 Å². The fourth-order valence-electron chi connectivity index (χ4n) is 0.847. The lowest BCUT2D eigenvalue weighted by Crippen LogP contribution is -1.86. The first-order chi connectivity index (χ1) is 6.27. The number of rotatable bonds is 7. The summed E-state index contributed by atoms with van der Waals surface area (Å²) in [6.07, 6.45) is 11.5. The van der Waals surface area contributed by atoms with Crippen LogP contribution in [-0.4, -0.2) is 6.61 Å². The van der Waals surface area contributed by atoms with E-state index in [1.807, 2.05) is 13.8 Å². The Morgan fingerprint density at radius 1 is 1.31 bits per heavy atom. The van der Waals surface area contributed by atoms with E-state index >= 15 is 0 Å². The second-order valence-electron chi connectivity index (χ2n) is 3.14. The Morgan fingerprint density at radius 2 is 2.00 bits per heavy atom.